The van der Waals surface area contributed by atoms with Crippen LogP contribution in [0.4, 0.5) is 5.69 Å². The molecule has 23 heavy (non-hydrogen) atoms. The number of benzene rings is 2. The lowest BCUT2D eigenvalue weighted by Gasteiger charge is -2.12. The number of hydrogen-bond donors (Lipinski definition) is 2. The van der Waals surface area contributed by atoms with Crippen LogP contribution in [0.5, 0.6) is 5.75 Å². The van der Waals surface area contributed by atoms with Gasteiger partial charge in [0, 0.05) is 15.7 Å². The van der Waals surface area contributed by atoms with Crippen LogP contribution in [0.1, 0.15) is 17.3 Å². The quantitative estimate of drug-likeness (QED) is 0.779. The standard InChI is InChI=1S/C16H14Cl2N2O2S/c1-2-22-14-6-4-3-5-13(14)15(21)20-16(23)19-12-8-10(17)7-11(18)9-12/h3-9H,2H2,1H3,(H2,19,20,21,23). The number of anilines is 1. The lowest BCUT2D eigenvalue weighted by molar-refractivity contribution is 0.0974. The first-order valence-corrected chi connectivity index (χ1v) is 7.96. The van der Waals surface area contributed by atoms with Gasteiger partial charge in [0.2, 0.25) is 0 Å². The van der Waals surface area contributed by atoms with Crippen LogP contribution in [0.3, 0.4) is 0 Å². The molecule has 4 nitrogen and oxygen atoms in total. The van der Waals surface area contributed by atoms with Gasteiger partial charge in [0.05, 0.1) is 12.2 Å². The molecule has 0 atom stereocenters. The molecule has 0 saturated carbocycles. The van der Waals surface area contributed by atoms with Crippen LogP contribution in [-0.4, -0.2) is 17.6 Å². The minimum absolute atomic E-state index is 0.139. The molecule has 1 amide bonds. The largest absolute Gasteiger partial charge is 0.493 e. The van der Waals surface area contributed by atoms with Crippen molar-refractivity contribution < 1.29 is 9.53 Å². The van der Waals surface area contributed by atoms with E-state index < -0.39 is 0 Å². The number of amides is 1. The van der Waals surface area contributed by atoms with Crippen LogP contribution >= 0.6 is 35.4 Å². The molecule has 0 aliphatic rings. The van der Waals surface area contributed by atoms with E-state index in [1.165, 1.54) is 0 Å². The minimum atomic E-state index is -0.361. The van der Waals surface area contributed by atoms with Crippen molar-refractivity contribution in [3.8, 4) is 5.75 Å². The molecule has 0 aliphatic carbocycles. The molecule has 7 heteroatoms. The highest BCUT2D eigenvalue weighted by atomic mass is 35.5. The number of ether oxygens (including phenoxy) is 1. The third kappa shape index (κ3) is 5.10. The van der Waals surface area contributed by atoms with Gasteiger partial charge in [-0.2, -0.15) is 0 Å². The highest BCUT2D eigenvalue weighted by molar-refractivity contribution is 7.80. The monoisotopic (exact) mass is 368 g/mol. The summed E-state index contributed by atoms with van der Waals surface area (Å²) in [6, 6.07) is 11.9. The van der Waals surface area contributed by atoms with Gasteiger partial charge in [-0.3, -0.25) is 10.1 Å². The number of nitrogens with one attached hydrogen (secondary N) is 2. The Morgan fingerprint density at radius 3 is 2.48 bits per heavy atom. The molecule has 0 aromatic heterocycles. The molecular weight excluding hydrogens is 355 g/mol. The van der Waals surface area contributed by atoms with Crippen molar-refractivity contribution in [2.45, 2.75) is 6.92 Å². The van der Waals surface area contributed by atoms with Gasteiger partial charge < -0.3 is 10.1 Å². The van der Waals surface area contributed by atoms with E-state index >= 15 is 0 Å². The van der Waals surface area contributed by atoms with Crippen molar-refractivity contribution in [1.82, 2.24) is 5.32 Å². The third-order valence-electron chi connectivity index (χ3n) is 2.78. The Balaban J connectivity index is 2.06. The summed E-state index contributed by atoms with van der Waals surface area (Å²) in [6.45, 7) is 2.32. The molecule has 0 radical (unpaired) electrons. The Labute approximate surface area is 149 Å². The van der Waals surface area contributed by atoms with E-state index in [1.54, 1.807) is 42.5 Å². The summed E-state index contributed by atoms with van der Waals surface area (Å²) in [4.78, 5) is 12.3. The zero-order valence-electron chi connectivity index (χ0n) is 12.2. The van der Waals surface area contributed by atoms with Crippen LogP contribution in [0.25, 0.3) is 0 Å². The van der Waals surface area contributed by atoms with Gasteiger partial charge in [-0.15, -0.1) is 0 Å². The van der Waals surface area contributed by atoms with Gasteiger partial charge in [0.1, 0.15) is 5.75 Å². The molecule has 0 unspecified atom stereocenters. The first-order valence-electron chi connectivity index (χ1n) is 6.80. The second-order valence-electron chi connectivity index (χ2n) is 4.50. The molecule has 0 aliphatic heterocycles. The van der Waals surface area contributed by atoms with E-state index in [-0.39, 0.29) is 11.0 Å². The van der Waals surface area contributed by atoms with Crippen molar-refractivity contribution in [3.63, 3.8) is 0 Å². The first kappa shape index (κ1) is 17.5. The summed E-state index contributed by atoms with van der Waals surface area (Å²) >= 11 is 17.0. The van der Waals surface area contributed by atoms with Crippen molar-refractivity contribution in [1.29, 1.82) is 0 Å². The van der Waals surface area contributed by atoms with Gasteiger partial charge in [-0.25, -0.2) is 0 Å². The minimum Gasteiger partial charge on any atom is -0.493 e. The highest BCUT2D eigenvalue weighted by Crippen LogP contribution is 2.22. The molecule has 0 fully saturated rings. The van der Waals surface area contributed by atoms with Gasteiger partial charge in [0.25, 0.3) is 5.91 Å². The Hall–Kier alpha value is -1.82. The molecule has 120 valence electrons. The zero-order valence-corrected chi connectivity index (χ0v) is 14.6. The predicted octanol–water partition coefficient (Wildman–Crippen LogP) is 4.52. The summed E-state index contributed by atoms with van der Waals surface area (Å²) in [6.07, 6.45) is 0. The molecule has 0 saturated heterocycles. The van der Waals surface area contributed by atoms with Crippen LogP contribution < -0.4 is 15.4 Å². The lowest BCUT2D eigenvalue weighted by Crippen LogP contribution is -2.34. The van der Waals surface area contributed by atoms with E-state index in [9.17, 15) is 4.79 Å². The molecular formula is C16H14Cl2N2O2S. The maximum Gasteiger partial charge on any atom is 0.261 e. The summed E-state index contributed by atoms with van der Waals surface area (Å²) in [5, 5.41) is 6.54. The Morgan fingerprint density at radius 2 is 1.83 bits per heavy atom. The zero-order chi connectivity index (χ0) is 16.8. The fourth-order valence-electron chi connectivity index (χ4n) is 1.89. The number of halogens is 2. The SMILES string of the molecule is CCOc1ccccc1C(=O)NC(=S)Nc1cc(Cl)cc(Cl)c1. The molecule has 2 aromatic rings. The molecule has 2 aromatic carbocycles. The van der Waals surface area contributed by atoms with Crippen molar-refractivity contribution in [2.24, 2.45) is 0 Å². The van der Waals surface area contributed by atoms with Gasteiger partial charge in [0.15, 0.2) is 5.11 Å². The smallest absolute Gasteiger partial charge is 0.261 e. The number of carbonyl (C=O) groups is 1. The number of hydrogen-bond acceptors (Lipinski definition) is 3. The topological polar surface area (TPSA) is 50.4 Å². The van der Waals surface area contributed by atoms with E-state index in [0.29, 0.717) is 33.7 Å². The number of rotatable bonds is 4. The molecule has 0 spiro atoms. The second kappa shape index (κ2) is 8.15. The third-order valence-corrected chi connectivity index (χ3v) is 3.42. The molecule has 2 rings (SSSR count). The van der Waals surface area contributed by atoms with Crippen molar-refractivity contribution in [2.75, 3.05) is 11.9 Å². The van der Waals surface area contributed by atoms with Gasteiger partial charge >= 0.3 is 0 Å². The maximum absolute atomic E-state index is 12.3. The molecule has 0 bridgehead atoms. The Kier molecular flexibility index (Phi) is 6.21. The van der Waals surface area contributed by atoms with Crippen LogP contribution in [0, 0.1) is 0 Å². The average molecular weight is 369 g/mol. The van der Waals surface area contributed by atoms with Crippen molar-refractivity contribution >= 4 is 52.1 Å². The fraction of sp³-hybridized carbons (Fsp3) is 0.125. The molecule has 2 N–H and O–H groups in total. The fourth-order valence-corrected chi connectivity index (χ4v) is 2.63. The number of para-hydroxylation sites is 1. The summed E-state index contributed by atoms with van der Waals surface area (Å²) < 4.78 is 5.43. The van der Waals surface area contributed by atoms with Crippen molar-refractivity contribution in [3.05, 3.63) is 58.1 Å². The second-order valence-corrected chi connectivity index (χ2v) is 5.78. The van der Waals surface area contributed by atoms with E-state index in [0.717, 1.165) is 0 Å². The first-order chi connectivity index (χ1) is 11.0. The lowest BCUT2D eigenvalue weighted by atomic mass is 10.2. The number of thiocarbonyl (C=S) groups is 1. The van der Waals surface area contributed by atoms with Gasteiger partial charge in [-0.05, 0) is 49.5 Å². The average Bonchev–Trinajstić information content (AvgIpc) is 2.46. The van der Waals surface area contributed by atoms with Crippen LogP contribution in [-0.2, 0) is 0 Å². The maximum atomic E-state index is 12.3. The van der Waals surface area contributed by atoms with Gasteiger partial charge in [-0.1, -0.05) is 35.3 Å². The molecule has 0 heterocycles. The summed E-state index contributed by atoms with van der Waals surface area (Å²) in [5.74, 6) is 0.140. The Morgan fingerprint density at radius 1 is 1.17 bits per heavy atom. The highest BCUT2D eigenvalue weighted by Gasteiger charge is 2.13. The van der Waals surface area contributed by atoms with Crippen LogP contribution in [0.15, 0.2) is 42.5 Å². The summed E-state index contributed by atoms with van der Waals surface area (Å²) in [7, 11) is 0. The van der Waals surface area contributed by atoms with E-state index in [2.05, 4.69) is 10.6 Å². The number of carbonyl (C=O) groups excluding carboxylic acids is 1. The normalized spacial score (nSPS) is 10.0. The summed E-state index contributed by atoms with van der Waals surface area (Å²) in [5.41, 5.74) is 0.994. The predicted molar refractivity (Wildman–Crippen MR) is 97.8 cm³/mol. The van der Waals surface area contributed by atoms with E-state index in [4.69, 9.17) is 40.2 Å². The van der Waals surface area contributed by atoms with Crippen LogP contribution in [0.2, 0.25) is 10.0 Å². The Bertz CT molecular complexity index is 718. The van der Waals surface area contributed by atoms with E-state index in [1.807, 2.05) is 6.92 Å².